The number of hydrogen-bond acceptors (Lipinski definition) is 2. The monoisotopic (exact) mass is 239 g/mol. The Morgan fingerprint density at radius 2 is 1.88 bits per heavy atom. The van der Waals surface area contributed by atoms with E-state index in [0.29, 0.717) is 5.92 Å². The summed E-state index contributed by atoms with van der Waals surface area (Å²) in [5.41, 5.74) is 0. The number of aliphatic hydroxyl groups excluding tert-OH is 1. The number of hydrogen-bond donors (Lipinski definition) is 1. The van der Waals surface area contributed by atoms with Gasteiger partial charge in [-0.3, -0.25) is 4.90 Å². The van der Waals surface area contributed by atoms with Gasteiger partial charge in [0, 0.05) is 12.6 Å². The van der Waals surface area contributed by atoms with Crippen LogP contribution in [0.15, 0.2) is 0 Å². The predicted molar refractivity (Wildman–Crippen MR) is 72.0 cm³/mol. The van der Waals surface area contributed by atoms with E-state index in [0.717, 1.165) is 24.9 Å². The summed E-state index contributed by atoms with van der Waals surface area (Å²) in [5.74, 6) is 1.38. The first kappa shape index (κ1) is 13.4. The summed E-state index contributed by atoms with van der Waals surface area (Å²) in [7, 11) is 0. The molecule has 2 heteroatoms. The first-order valence-electron chi connectivity index (χ1n) is 7.64. The molecule has 0 aromatic carbocycles. The van der Waals surface area contributed by atoms with Crippen LogP contribution < -0.4 is 0 Å². The summed E-state index contributed by atoms with van der Waals surface area (Å²) in [4.78, 5) is 2.60. The van der Waals surface area contributed by atoms with Crippen LogP contribution in [0.4, 0.5) is 0 Å². The lowest BCUT2D eigenvalue weighted by atomic mass is 9.78. The Morgan fingerprint density at radius 3 is 2.65 bits per heavy atom. The van der Waals surface area contributed by atoms with Crippen LogP contribution >= 0.6 is 0 Å². The SMILES string of the molecule is CCC(C)C(O)CN1CCC[C@H]2CCCC[C@H]21. The van der Waals surface area contributed by atoms with E-state index in [1.807, 2.05) is 0 Å². The molecule has 2 unspecified atom stereocenters. The molecule has 4 atom stereocenters. The molecule has 2 nitrogen and oxygen atoms in total. The van der Waals surface area contributed by atoms with E-state index in [-0.39, 0.29) is 6.10 Å². The second-order valence-electron chi connectivity index (χ2n) is 6.20. The van der Waals surface area contributed by atoms with Crippen LogP contribution in [-0.2, 0) is 0 Å². The van der Waals surface area contributed by atoms with Crippen LogP contribution in [0.5, 0.6) is 0 Å². The summed E-state index contributed by atoms with van der Waals surface area (Å²) in [6, 6.07) is 0.788. The maximum absolute atomic E-state index is 10.2. The molecular formula is C15H29NO. The van der Waals surface area contributed by atoms with Gasteiger partial charge in [0.1, 0.15) is 0 Å². The first-order valence-corrected chi connectivity index (χ1v) is 7.64. The zero-order chi connectivity index (χ0) is 12.3. The third-order valence-electron chi connectivity index (χ3n) is 5.08. The van der Waals surface area contributed by atoms with E-state index in [1.165, 1.54) is 45.1 Å². The molecule has 2 rings (SSSR count). The van der Waals surface area contributed by atoms with Gasteiger partial charge in [-0.2, -0.15) is 0 Å². The maximum Gasteiger partial charge on any atom is 0.0692 e. The minimum atomic E-state index is -0.124. The Hall–Kier alpha value is -0.0800. The zero-order valence-electron chi connectivity index (χ0n) is 11.6. The van der Waals surface area contributed by atoms with E-state index < -0.39 is 0 Å². The highest BCUT2D eigenvalue weighted by Gasteiger charge is 2.34. The Labute approximate surface area is 106 Å². The molecule has 1 saturated heterocycles. The molecule has 1 aliphatic carbocycles. The second-order valence-corrected chi connectivity index (χ2v) is 6.20. The molecule has 1 N–H and O–H groups in total. The predicted octanol–water partition coefficient (Wildman–Crippen LogP) is 3.05. The fourth-order valence-corrected chi connectivity index (χ4v) is 3.65. The molecule has 1 heterocycles. The van der Waals surface area contributed by atoms with Crippen LogP contribution in [0.25, 0.3) is 0 Å². The fraction of sp³-hybridized carbons (Fsp3) is 1.00. The second kappa shape index (κ2) is 6.19. The van der Waals surface area contributed by atoms with E-state index in [2.05, 4.69) is 18.7 Å². The van der Waals surface area contributed by atoms with Crippen molar-refractivity contribution in [3.63, 3.8) is 0 Å². The van der Waals surface area contributed by atoms with E-state index in [9.17, 15) is 5.11 Å². The Bertz CT molecular complexity index is 229. The van der Waals surface area contributed by atoms with Crippen molar-refractivity contribution in [2.24, 2.45) is 11.8 Å². The van der Waals surface area contributed by atoms with Gasteiger partial charge in [0.25, 0.3) is 0 Å². The largest absolute Gasteiger partial charge is 0.392 e. The Kier molecular flexibility index (Phi) is 4.87. The van der Waals surface area contributed by atoms with E-state index in [1.54, 1.807) is 0 Å². The fourth-order valence-electron chi connectivity index (χ4n) is 3.65. The normalized spacial score (nSPS) is 34.1. The molecule has 1 saturated carbocycles. The third-order valence-corrected chi connectivity index (χ3v) is 5.08. The van der Waals surface area contributed by atoms with Crippen molar-refractivity contribution in [3.05, 3.63) is 0 Å². The highest BCUT2D eigenvalue weighted by molar-refractivity contribution is 4.88. The smallest absolute Gasteiger partial charge is 0.0692 e. The van der Waals surface area contributed by atoms with E-state index >= 15 is 0 Å². The van der Waals surface area contributed by atoms with Gasteiger partial charge in [0.15, 0.2) is 0 Å². The lowest BCUT2D eigenvalue weighted by Crippen LogP contribution is -2.50. The average molecular weight is 239 g/mol. The van der Waals surface area contributed by atoms with E-state index in [4.69, 9.17) is 0 Å². The number of aliphatic hydroxyl groups is 1. The molecule has 0 aromatic heterocycles. The molecule has 17 heavy (non-hydrogen) atoms. The Morgan fingerprint density at radius 1 is 1.18 bits per heavy atom. The van der Waals surface area contributed by atoms with Crippen LogP contribution in [-0.4, -0.2) is 35.2 Å². The van der Waals surface area contributed by atoms with Gasteiger partial charge in [0.2, 0.25) is 0 Å². The van der Waals surface area contributed by atoms with Gasteiger partial charge in [0.05, 0.1) is 6.10 Å². The highest BCUT2D eigenvalue weighted by atomic mass is 16.3. The molecule has 0 aromatic rings. The van der Waals surface area contributed by atoms with Crippen molar-refractivity contribution in [2.45, 2.75) is 70.9 Å². The van der Waals surface area contributed by atoms with Gasteiger partial charge in [-0.15, -0.1) is 0 Å². The van der Waals surface area contributed by atoms with Crippen molar-refractivity contribution >= 4 is 0 Å². The summed E-state index contributed by atoms with van der Waals surface area (Å²) < 4.78 is 0. The number of fused-ring (bicyclic) bond motifs is 1. The van der Waals surface area contributed by atoms with Gasteiger partial charge < -0.3 is 5.11 Å². The molecule has 1 aliphatic heterocycles. The van der Waals surface area contributed by atoms with Gasteiger partial charge >= 0.3 is 0 Å². The Balaban J connectivity index is 1.90. The molecular weight excluding hydrogens is 210 g/mol. The maximum atomic E-state index is 10.2. The lowest BCUT2D eigenvalue weighted by Gasteiger charge is -2.45. The summed E-state index contributed by atoms with van der Waals surface area (Å²) in [6.45, 7) is 6.48. The van der Waals surface area contributed by atoms with Crippen LogP contribution in [0.3, 0.4) is 0 Å². The first-order chi connectivity index (χ1) is 8.22. The molecule has 0 bridgehead atoms. The van der Waals surface area contributed by atoms with Gasteiger partial charge in [-0.1, -0.05) is 33.1 Å². The van der Waals surface area contributed by atoms with Crippen molar-refractivity contribution in [1.29, 1.82) is 0 Å². The summed E-state index contributed by atoms with van der Waals surface area (Å²) in [5, 5.41) is 10.2. The van der Waals surface area contributed by atoms with Crippen LogP contribution in [0, 0.1) is 11.8 Å². The summed E-state index contributed by atoms with van der Waals surface area (Å²) >= 11 is 0. The molecule has 100 valence electrons. The lowest BCUT2D eigenvalue weighted by molar-refractivity contribution is 0.00375. The topological polar surface area (TPSA) is 23.5 Å². The van der Waals surface area contributed by atoms with Crippen LogP contribution in [0.2, 0.25) is 0 Å². The van der Waals surface area contributed by atoms with Crippen LogP contribution in [0.1, 0.15) is 58.8 Å². The number of nitrogens with zero attached hydrogens (tertiary/aromatic N) is 1. The zero-order valence-corrected chi connectivity index (χ0v) is 11.6. The van der Waals surface area contributed by atoms with Crippen molar-refractivity contribution < 1.29 is 5.11 Å². The molecule has 2 aliphatic rings. The number of likely N-dealkylation sites (tertiary alicyclic amines) is 1. The minimum absolute atomic E-state index is 0.124. The van der Waals surface area contributed by atoms with Crippen molar-refractivity contribution in [2.75, 3.05) is 13.1 Å². The van der Waals surface area contributed by atoms with Gasteiger partial charge in [-0.05, 0) is 44.1 Å². The quantitative estimate of drug-likeness (QED) is 0.815. The molecule has 2 fully saturated rings. The van der Waals surface area contributed by atoms with Gasteiger partial charge in [-0.25, -0.2) is 0 Å². The molecule has 0 amide bonds. The summed E-state index contributed by atoms with van der Waals surface area (Å²) in [6.07, 6.45) is 9.37. The molecule has 0 radical (unpaired) electrons. The third kappa shape index (κ3) is 3.23. The average Bonchev–Trinajstić information content (AvgIpc) is 2.38. The minimum Gasteiger partial charge on any atom is -0.392 e. The number of β-amino-alcohol motifs (C(OH)–C–C–N with tert-alkyl or cyclic N) is 1. The highest BCUT2D eigenvalue weighted by Crippen LogP contribution is 2.35. The standard InChI is InChI=1S/C15H29NO/c1-3-12(2)15(17)11-16-10-6-8-13-7-4-5-9-14(13)16/h12-15,17H,3-11H2,1-2H3/t12?,13-,14-,15?/m1/s1. The molecule has 0 spiro atoms. The van der Waals surface area contributed by atoms with Crippen molar-refractivity contribution in [1.82, 2.24) is 4.90 Å². The number of piperidine rings is 1. The van der Waals surface area contributed by atoms with Crippen molar-refractivity contribution in [3.8, 4) is 0 Å². The number of rotatable bonds is 4.